The van der Waals surface area contributed by atoms with E-state index in [9.17, 15) is 4.79 Å². The maximum Gasteiger partial charge on any atom is 0.279 e. The maximum atomic E-state index is 11.6. The molecule has 1 rings (SSSR count). The van der Waals surface area contributed by atoms with E-state index in [-0.39, 0.29) is 5.91 Å². The first-order valence-electron chi connectivity index (χ1n) is 5.03. The number of hydrogen-bond acceptors (Lipinski definition) is 3. The highest BCUT2D eigenvalue weighted by molar-refractivity contribution is 6.01. The molecule has 86 valence electrons. The average molecular weight is 221 g/mol. The Kier molecular flexibility index (Phi) is 4.51. The summed E-state index contributed by atoms with van der Waals surface area (Å²) in [6, 6.07) is 6.78. The molecule has 4 heteroatoms. The van der Waals surface area contributed by atoms with Gasteiger partial charge in [0, 0.05) is 12.5 Å². The van der Waals surface area contributed by atoms with E-state index in [4.69, 9.17) is 9.47 Å². The van der Waals surface area contributed by atoms with Gasteiger partial charge in [-0.15, -0.1) is 0 Å². The first-order chi connectivity index (χ1) is 7.67. The minimum Gasteiger partial charge on any atom is -0.497 e. The van der Waals surface area contributed by atoms with Crippen LogP contribution in [0.4, 0.5) is 0 Å². The van der Waals surface area contributed by atoms with Gasteiger partial charge in [-0.25, -0.2) is 0 Å². The fourth-order valence-electron chi connectivity index (χ4n) is 1.18. The Hall–Kier alpha value is -1.84. The van der Waals surface area contributed by atoms with Crippen molar-refractivity contribution in [1.29, 1.82) is 0 Å². The summed E-state index contributed by atoms with van der Waals surface area (Å²) in [7, 11) is 1.58. The van der Waals surface area contributed by atoms with Crippen LogP contribution in [0.1, 0.15) is 24.2 Å². The molecule has 0 saturated carbocycles. The van der Waals surface area contributed by atoms with Crippen molar-refractivity contribution >= 4 is 11.8 Å². The van der Waals surface area contributed by atoms with Gasteiger partial charge in [-0.1, -0.05) is 0 Å². The van der Waals surface area contributed by atoms with Gasteiger partial charge >= 0.3 is 0 Å². The van der Waals surface area contributed by atoms with Crippen molar-refractivity contribution in [1.82, 2.24) is 0 Å². The highest BCUT2D eigenvalue weighted by atomic mass is 16.5. The molecule has 0 heterocycles. The van der Waals surface area contributed by atoms with Crippen molar-refractivity contribution < 1.29 is 14.3 Å². The first-order valence-corrected chi connectivity index (χ1v) is 5.03. The number of carbonyl (C=O) groups is 1. The summed E-state index contributed by atoms with van der Waals surface area (Å²) >= 11 is 0. The Bertz CT molecular complexity index is 382. The molecule has 0 aliphatic carbocycles. The molecule has 4 nitrogen and oxygen atoms in total. The van der Waals surface area contributed by atoms with Crippen LogP contribution in [-0.2, 0) is 4.74 Å². The number of ether oxygens (including phenoxy) is 2. The zero-order valence-corrected chi connectivity index (χ0v) is 9.69. The van der Waals surface area contributed by atoms with Crippen molar-refractivity contribution in [2.45, 2.75) is 13.8 Å². The lowest BCUT2D eigenvalue weighted by Gasteiger charge is -2.02. The quantitative estimate of drug-likeness (QED) is 0.581. The van der Waals surface area contributed by atoms with Gasteiger partial charge in [0.2, 0.25) is 0 Å². The van der Waals surface area contributed by atoms with Crippen LogP contribution in [0.25, 0.3) is 0 Å². The lowest BCUT2D eigenvalue weighted by molar-refractivity contribution is 0.0999. The Morgan fingerprint density at radius 3 is 2.44 bits per heavy atom. The Balaban J connectivity index is 2.76. The molecule has 0 spiro atoms. The van der Waals surface area contributed by atoms with Crippen LogP contribution < -0.4 is 4.74 Å². The summed E-state index contributed by atoms with van der Waals surface area (Å²) in [5.74, 6) is 0.777. The van der Waals surface area contributed by atoms with Gasteiger partial charge in [0.25, 0.3) is 5.91 Å². The van der Waals surface area contributed by atoms with Gasteiger partial charge in [-0.2, -0.15) is 4.99 Å². The molecule has 16 heavy (non-hydrogen) atoms. The predicted molar refractivity (Wildman–Crippen MR) is 62.1 cm³/mol. The SMILES string of the molecule is CCO/C(C)=N/C(=O)c1ccc(OC)cc1. The fraction of sp³-hybridized carbons (Fsp3) is 0.333. The molecular formula is C12H15NO3. The van der Waals surface area contributed by atoms with Crippen LogP contribution in [0.3, 0.4) is 0 Å². The van der Waals surface area contributed by atoms with Gasteiger partial charge in [-0.3, -0.25) is 4.79 Å². The van der Waals surface area contributed by atoms with Gasteiger partial charge in [0.1, 0.15) is 5.75 Å². The van der Waals surface area contributed by atoms with E-state index < -0.39 is 0 Å². The van der Waals surface area contributed by atoms with Crippen LogP contribution in [0.2, 0.25) is 0 Å². The zero-order valence-electron chi connectivity index (χ0n) is 9.69. The highest BCUT2D eigenvalue weighted by Gasteiger charge is 2.04. The summed E-state index contributed by atoms with van der Waals surface area (Å²) in [6.45, 7) is 4.01. The summed E-state index contributed by atoms with van der Waals surface area (Å²) in [5, 5.41) is 0. The largest absolute Gasteiger partial charge is 0.497 e. The van der Waals surface area contributed by atoms with Crippen molar-refractivity contribution in [3.8, 4) is 5.75 Å². The second kappa shape index (κ2) is 5.90. The molecule has 0 unspecified atom stereocenters. The van der Waals surface area contributed by atoms with E-state index in [0.29, 0.717) is 23.8 Å². The maximum absolute atomic E-state index is 11.6. The molecule has 0 saturated heterocycles. The third kappa shape index (κ3) is 3.38. The molecule has 0 fully saturated rings. The highest BCUT2D eigenvalue weighted by Crippen LogP contribution is 2.12. The van der Waals surface area contributed by atoms with E-state index in [0.717, 1.165) is 0 Å². The van der Waals surface area contributed by atoms with Crippen LogP contribution >= 0.6 is 0 Å². The van der Waals surface area contributed by atoms with Crippen LogP contribution in [-0.4, -0.2) is 25.5 Å². The molecule has 0 aromatic heterocycles. The average Bonchev–Trinajstić information content (AvgIpc) is 2.29. The lowest BCUT2D eigenvalue weighted by Crippen LogP contribution is -2.04. The predicted octanol–water partition coefficient (Wildman–Crippen LogP) is 2.29. The summed E-state index contributed by atoms with van der Waals surface area (Å²) < 4.78 is 10.1. The van der Waals surface area contributed by atoms with Gasteiger partial charge in [-0.05, 0) is 31.2 Å². The molecule has 0 N–H and O–H groups in total. The van der Waals surface area contributed by atoms with Crippen molar-refractivity contribution in [2.75, 3.05) is 13.7 Å². The smallest absolute Gasteiger partial charge is 0.279 e. The number of amides is 1. The van der Waals surface area contributed by atoms with E-state index in [1.807, 2.05) is 6.92 Å². The monoisotopic (exact) mass is 221 g/mol. The number of methoxy groups -OCH3 is 1. The van der Waals surface area contributed by atoms with E-state index in [2.05, 4.69) is 4.99 Å². The van der Waals surface area contributed by atoms with E-state index >= 15 is 0 Å². The lowest BCUT2D eigenvalue weighted by atomic mass is 10.2. The number of rotatable bonds is 3. The summed E-state index contributed by atoms with van der Waals surface area (Å²) in [5.41, 5.74) is 0.514. The standard InChI is InChI=1S/C12H15NO3/c1-4-16-9(2)13-12(14)10-5-7-11(15-3)8-6-10/h5-8H,4H2,1-3H3/b13-9+. The van der Waals surface area contributed by atoms with Gasteiger partial charge < -0.3 is 9.47 Å². The van der Waals surface area contributed by atoms with Crippen LogP contribution in [0.5, 0.6) is 5.75 Å². The third-order valence-corrected chi connectivity index (χ3v) is 1.95. The van der Waals surface area contributed by atoms with Crippen LogP contribution in [0.15, 0.2) is 29.3 Å². The molecule has 0 bridgehead atoms. The minimum absolute atomic E-state index is 0.311. The summed E-state index contributed by atoms with van der Waals surface area (Å²) in [4.78, 5) is 15.4. The molecule has 0 atom stereocenters. The first kappa shape index (κ1) is 12.2. The molecular weight excluding hydrogens is 206 g/mol. The number of carbonyl (C=O) groups excluding carboxylic acids is 1. The van der Waals surface area contributed by atoms with Crippen molar-refractivity contribution in [3.63, 3.8) is 0 Å². The number of hydrogen-bond donors (Lipinski definition) is 0. The van der Waals surface area contributed by atoms with Crippen molar-refractivity contribution in [3.05, 3.63) is 29.8 Å². The number of benzene rings is 1. The third-order valence-electron chi connectivity index (χ3n) is 1.95. The van der Waals surface area contributed by atoms with E-state index in [1.165, 1.54) is 0 Å². The molecule has 0 radical (unpaired) electrons. The topological polar surface area (TPSA) is 47.9 Å². The molecule has 1 aromatic rings. The molecule has 0 aliphatic heterocycles. The number of aliphatic imine (C=N–C) groups is 1. The normalized spacial score (nSPS) is 11.1. The van der Waals surface area contributed by atoms with Crippen LogP contribution in [0, 0.1) is 0 Å². The Morgan fingerprint density at radius 2 is 1.94 bits per heavy atom. The van der Waals surface area contributed by atoms with Gasteiger partial charge in [0.05, 0.1) is 13.7 Å². The Morgan fingerprint density at radius 1 is 1.31 bits per heavy atom. The Labute approximate surface area is 94.9 Å². The second-order valence-corrected chi connectivity index (χ2v) is 3.10. The minimum atomic E-state index is -0.311. The second-order valence-electron chi connectivity index (χ2n) is 3.10. The summed E-state index contributed by atoms with van der Waals surface area (Å²) in [6.07, 6.45) is 0. The van der Waals surface area contributed by atoms with Gasteiger partial charge in [0.15, 0.2) is 5.90 Å². The zero-order chi connectivity index (χ0) is 12.0. The van der Waals surface area contributed by atoms with Crippen molar-refractivity contribution in [2.24, 2.45) is 4.99 Å². The van der Waals surface area contributed by atoms with E-state index in [1.54, 1.807) is 38.3 Å². The number of nitrogens with zero attached hydrogens (tertiary/aromatic N) is 1. The fourth-order valence-corrected chi connectivity index (χ4v) is 1.18. The molecule has 1 aromatic carbocycles. The molecule has 1 amide bonds. The molecule has 0 aliphatic rings.